The molecule has 1 amide bonds. The molecule has 1 heterocycles. The van der Waals surface area contributed by atoms with Gasteiger partial charge in [-0.1, -0.05) is 23.7 Å². The molecule has 1 spiro atoms. The van der Waals surface area contributed by atoms with E-state index in [4.69, 9.17) is 21.1 Å². The highest BCUT2D eigenvalue weighted by molar-refractivity contribution is 6.30. The minimum absolute atomic E-state index is 0.0225. The number of hydrogen-bond donors (Lipinski definition) is 1. The first-order valence-corrected chi connectivity index (χ1v) is 9.56. The third kappa shape index (κ3) is 2.55. The Morgan fingerprint density at radius 3 is 2.31 bits per heavy atom. The lowest BCUT2D eigenvalue weighted by atomic mass is 9.95. The molecule has 1 aliphatic heterocycles. The van der Waals surface area contributed by atoms with Gasteiger partial charge < -0.3 is 14.8 Å². The summed E-state index contributed by atoms with van der Waals surface area (Å²) in [6.45, 7) is 0. The highest BCUT2D eigenvalue weighted by atomic mass is 35.5. The zero-order chi connectivity index (χ0) is 17.8. The van der Waals surface area contributed by atoms with Crippen LogP contribution in [0.2, 0.25) is 5.02 Å². The Balaban J connectivity index is 1.35. The number of fused-ring (bicyclic) bond motifs is 1. The van der Waals surface area contributed by atoms with Crippen LogP contribution in [0, 0.1) is 0 Å². The van der Waals surface area contributed by atoms with Crippen LogP contribution < -0.4 is 14.8 Å². The summed E-state index contributed by atoms with van der Waals surface area (Å²) in [5, 5.41) is 3.74. The van der Waals surface area contributed by atoms with Crippen molar-refractivity contribution in [3.8, 4) is 11.5 Å². The molecule has 0 bridgehead atoms. The molecule has 2 aromatic rings. The van der Waals surface area contributed by atoms with E-state index in [-0.39, 0.29) is 5.91 Å². The molecular weight excluding hydrogens is 350 g/mol. The zero-order valence-electron chi connectivity index (χ0n) is 14.4. The Bertz CT molecular complexity index is 867. The standard InChI is InChI=1S/C21H20ClNO3/c22-15-5-3-14(4-6-15)20(11-12-20)19(24)23-16-7-8-17-18(13-16)26-21(25-17)9-1-2-10-21/h3-8,13H,1-2,9-12H2,(H,23,24). The second-order valence-corrected chi connectivity index (χ2v) is 7.96. The molecule has 26 heavy (non-hydrogen) atoms. The van der Waals surface area contributed by atoms with Gasteiger partial charge in [-0.2, -0.15) is 0 Å². The first-order valence-electron chi connectivity index (χ1n) is 9.18. The minimum atomic E-state index is -0.480. The number of hydrogen-bond acceptors (Lipinski definition) is 3. The van der Waals surface area contributed by atoms with Gasteiger partial charge >= 0.3 is 0 Å². The van der Waals surface area contributed by atoms with Gasteiger partial charge in [0.1, 0.15) is 0 Å². The Morgan fingerprint density at radius 2 is 1.62 bits per heavy atom. The summed E-state index contributed by atoms with van der Waals surface area (Å²) in [5.41, 5.74) is 1.32. The zero-order valence-corrected chi connectivity index (χ0v) is 15.1. The Labute approximate surface area is 157 Å². The average Bonchev–Trinajstić information content (AvgIpc) is 3.20. The van der Waals surface area contributed by atoms with Gasteiger partial charge in [0.15, 0.2) is 11.5 Å². The van der Waals surface area contributed by atoms with E-state index >= 15 is 0 Å². The third-order valence-corrected chi connectivity index (χ3v) is 5.99. The van der Waals surface area contributed by atoms with Gasteiger partial charge in [0.25, 0.3) is 5.79 Å². The number of nitrogens with one attached hydrogen (secondary N) is 1. The summed E-state index contributed by atoms with van der Waals surface area (Å²) < 4.78 is 12.1. The van der Waals surface area contributed by atoms with E-state index in [0.29, 0.717) is 5.02 Å². The van der Waals surface area contributed by atoms with Gasteiger partial charge in [-0.3, -0.25) is 4.79 Å². The first kappa shape index (κ1) is 16.0. The monoisotopic (exact) mass is 369 g/mol. The second kappa shape index (κ2) is 5.65. The molecular formula is C21H20ClNO3. The number of benzene rings is 2. The van der Waals surface area contributed by atoms with Gasteiger partial charge in [-0.25, -0.2) is 0 Å². The van der Waals surface area contributed by atoms with Crippen LogP contribution in [0.3, 0.4) is 0 Å². The summed E-state index contributed by atoms with van der Waals surface area (Å²) in [6, 6.07) is 13.2. The largest absolute Gasteiger partial charge is 0.448 e. The van der Waals surface area contributed by atoms with Gasteiger partial charge in [0.05, 0.1) is 5.41 Å². The number of rotatable bonds is 3. The molecule has 5 rings (SSSR count). The van der Waals surface area contributed by atoms with Gasteiger partial charge in [0, 0.05) is 29.6 Å². The lowest BCUT2D eigenvalue weighted by Gasteiger charge is -2.21. The van der Waals surface area contributed by atoms with Crippen molar-refractivity contribution in [1.82, 2.24) is 0 Å². The van der Waals surface area contributed by atoms with Crippen LogP contribution in [0.1, 0.15) is 44.1 Å². The molecule has 134 valence electrons. The van der Waals surface area contributed by atoms with Gasteiger partial charge in [-0.05, 0) is 55.5 Å². The second-order valence-electron chi connectivity index (χ2n) is 7.53. The summed E-state index contributed by atoms with van der Waals surface area (Å²) in [5.74, 6) is 1.03. The molecule has 1 N–H and O–H groups in total. The molecule has 0 unspecified atom stereocenters. The van der Waals surface area contributed by atoms with Crippen molar-refractivity contribution in [2.45, 2.75) is 49.7 Å². The third-order valence-electron chi connectivity index (χ3n) is 5.74. The van der Waals surface area contributed by atoms with Crippen LogP contribution in [0.4, 0.5) is 5.69 Å². The molecule has 2 fully saturated rings. The predicted molar refractivity (Wildman–Crippen MR) is 99.9 cm³/mol. The van der Waals surface area contributed by atoms with Crippen molar-refractivity contribution in [2.24, 2.45) is 0 Å². The SMILES string of the molecule is O=C(Nc1ccc2c(c1)OC1(CCCC1)O2)C1(c2ccc(Cl)cc2)CC1. The van der Waals surface area contributed by atoms with Crippen molar-refractivity contribution in [1.29, 1.82) is 0 Å². The van der Waals surface area contributed by atoms with Crippen LogP contribution >= 0.6 is 11.6 Å². The smallest absolute Gasteiger partial charge is 0.251 e. The van der Waals surface area contributed by atoms with E-state index in [2.05, 4.69) is 5.32 Å². The van der Waals surface area contributed by atoms with E-state index < -0.39 is 11.2 Å². The van der Waals surface area contributed by atoms with E-state index in [1.54, 1.807) is 0 Å². The molecule has 2 aromatic carbocycles. The van der Waals surface area contributed by atoms with Crippen molar-refractivity contribution in [2.75, 3.05) is 5.32 Å². The molecule has 4 nitrogen and oxygen atoms in total. The first-order chi connectivity index (χ1) is 12.6. The lowest BCUT2D eigenvalue weighted by molar-refractivity contribution is -0.118. The average molecular weight is 370 g/mol. The molecule has 2 saturated carbocycles. The minimum Gasteiger partial charge on any atom is -0.448 e. The number of anilines is 1. The molecule has 3 aliphatic rings. The molecule has 0 aromatic heterocycles. The van der Waals surface area contributed by atoms with Crippen molar-refractivity contribution < 1.29 is 14.3 Å². The van der Waals surface area contributed by atoms with Crippen LogP contribution in [0.25, 0.3) is 0 Å². The normalized spacial score (nSPS) is 21.0. The predicted octanol–water partition coefficient (Wildman–Crippen LogP) is 5.05. The summed E-state index contributed by atoms with van der Waals surface area (Å²) in [6.07, 6.45) is 5.80. The van der Waals surface area contributed by atoms with Crippen molar-refractivity contribution >= 4 is 23.2 Å². The fourth-order valence-electron chi connectivity index (χ4n) is 4.08. The maximum absolute atomic E-state index is 12.9. The van der Waals surface area contributed by atoms with E-state index in [0.717, 1.165) is 61.3 Å². The topological polar surface area (TPSA) is 47.6 Å². The number of carbonyl (C=O) groups is 1. The summed E-state index contributed by atoms with van der Waals surface area (Å²) in [4.78, 5) is 12.9. The van der Waals surface area contributed by atoms with Crippen LogP contribution in [0.15, 0.2) is 42.5 Å². The van der Waals surface area contributed by atoms with Crippen molar-refractivity contribution in [3.05, 3.63) is 53.1 Å². The molecule has 0 atom stereocenters. The molecule has 0 radical (unpaired) electrons. The van der Waals surface area contributed by atoms with Crippen LogP contribution in [-0.2, 0) is 10.2 Å². The molecule has 5 heteroatoms. The van der Waals surface area contributed by atoms with E-state index in [1.807, 2.05) is 42.5 Å². The number of carbonyl (C=O) groups excluding carboxylic acids is 1. The number of halogens is 1. The Hall–Kier alpha value is -2.20. The Kier molecular flexibility index (Phi) is 3.48. The lowest BCUT2D eigenvalue weighted by Crippen LogP contribution is -2.34. The number of ether oxygens (including phenoxy) is 2. The number of amides is 1. The molecule has 2 aliphatic carbocycles. The van der Waals surface area contributed by atoms with Gasteiger partial charge in [-0.15, -0.1) is 0 Å². The van der Waals surface area contributed by atoms with Crippen molar-refractivity contribution in [3.63, 3.8) is 0 Å². The maximum atomic E-state index is 12.9. The van der Waals surface area contributed by atoms with E-state index in [1.165, 1.54) is 0 Å². The quantitative estimate of drug-likeness (QED) is 0.823. The highest BCUT2D eigenvalue weighted by Gasteiger charge is 2.51. The fourth-order valence-corrected chi connectivity index (χ4v) is 4.21. The van der Waals surface area contributed by atoms with E-state index in [9.17, 15) is 4.79 Å². The summed E-state index contributed by atoms with van der Waals surface area (Å²) >= 11 is 5.97. The summed E-state index contributed by atoms with van der Waals surface area (Å²) in [7, 11) is 0. The van der Waals surface area contributed by atoms with Gasteiger partial charge in [0.2, 0.25) is 5.91 Å². The molecule has 0 saturated heterocycles. The highest BCUT2D eigenvalue weighted by Crippen LogP contribution is 2.50. The fraction of sp³-hybridized carbons (Fsp3) is 0.381. The van der Waals surface area contributed by atoms with Crippen LogP contribution in [0.5, 0.6) is 11.5 Å². The Morgan fingerprint density at radius 1 is 0.923 bits per heavy atom. The van der Waals surface area contributed by atoms with Crippen LogP contribution in [-0.4, -0.2) is 11.7 Å². The maximum Gasteiger partial charge on any atom is 0.251 e.